The first kappa shape index (κ1) is 8.06. The molecule has 0 radical (unpaired) electrons. The van der Waals surface area contributed by atoms with Crippen molar-refractivity contribution in [1.29, 1.82) is 0 Å². The Kier molecular flexibility index (Phi) is 2.31. The molecule has 0 nitrogen and oxygen atoms in total. The maximum atomic E-state index is 3.41. The Bertz CT molecular complexity index is 280. The zero-order chi connectivity index (χ0) is 8.39. The van der Waals surface area contributed by atoms with Crippen molar-refractivity contribution in [3.05, 3.63) is 40.4 Å². The maximum absolute atomic E-state index is 3.41. The third-order valence-corrected chi connectivity index (χ3v) is 2.58. The van der Waals surface area contributed by atoms with Crippen LogP contribution in [0.4, 0.5) is 0 Å². The van der Waals surface area contributed by atoms with E-state index in [1.54, 1.807) is 0 Å². The van der Waals surface area contributed by atoms with Gasteiger partial charge in [0, 0.05) is 4.47 Å². The molecule has 1 fully saturated rings. The number of allylic oxidation sites excluding steroid dienone is 1. The van der Waals surface area contributed by atoms with E-state index in [-0.39, 0.29) is 0 Å². The molecule has 0 aliphatic heterocycles. The van der Waals surface area contributed by atoms with Crippen LogP contribution in [0.3, 0.4) is 0 Å². The van der Waals surface area contributed by atoms with Gasteiger partial charge < -0.3 is 0 Å². The molecule has 0 bridgehead atoms. The molecule has 0 amide bonds. The van der Waals surface area contributed by atoms with Crippen LogP contribution in [0.15, 0.2) is 34.8 Å². The third-order valence-electron chi connectivity index (χ3n) is 2.05. The van der Waals surface area contributed by atoms with Crippen LogP contribution in [0.1, 0.15) is 18.4 Å². The van der Waals surface area contributed by atoms with Crippen molar-refractivity contribution in [1.82, 2.24) is 0 Å². The minimum Gasteiger partial charge on any atom is -0.0808 e. The molecule has 0 aromatic heterocycles. The van der Waals surface area contributed by atoms with Gasteiger partial charge in [-0.2, -0.15) is 0 Å². The van der Waals surface area contributed by atoms with E-state index in [1.165, 1.54) is 18.4 Å². The Balaban J connectivity index is 2.07. The van der Waals surface area contributed by atoms with Gasteiger partial charge in [0.25, 0.3) is 0 Å². The van der Waals surface area contributed by atoms with Crippen LogP contribution in [0.5, 0.6) is 0 Å². The molecule has 0 N–H and O–H groups in total. The maximum Gasteiger partial charge on any atom is 0.0175 e. The average molecular weight is 223 g/mol. The average Bonchev–Trinajstić information content (AvgIpc) is 2.87. The summed E-state index contributed by atoms with van der Waals surface area (Å²) >= 11 is 3.41. The summed E-state index contributed by atoms with van der Waals surface area (Å²) in [7, 11) is 0. The Morgan fingerprint density at radius 2 is 1.83 bits per heavy atom. The molecule has 0 atom stereocenters. The van der Waals surface area contributed by atoms with Crippen LogP contribution in [0.2, 0.25) is 0 Å². The lowest BCUT2D eigenvalue weighted by molar-refractivity contribution is 1.13. The minimum absolute atomic E-state index is 0.869. The fraction of sp³-hybridized carbons (Fsp3) is 0.273. The number of halogens is 1. The molecule has 1 heteroatoms. The first-order chi connectivity index (χ1) is 5.84. The largest absolute Gasteiger partial charge is 0.0808 e. The molecule has 0 spiro atoms. The topological polar surface area (TPSA) is 0 Å². The van der Waals surface area contributed by atoms with E-state index in [0.29, 0.717) is 0 Å². The molecule has 0 unspecified atom stereocenters. The first-order valence-electron chi connectivity index (χ1n) is 4.28. The highest BCUT2D eigenvalue weighted by Gasteiger charge is 2.16. The number of hydrogen-bond acceptors (Lipinski definition) is 0. The second-order valence-electron chi connectivity index (χ2n) is 3.25. The summed E-state index contributed by atoms with van der Waals surface area (Å²) in [6, 6.07) is 8.41. The highest BCUT2D eigenvalue weighted by atomic mass is 79.9. The van der Waals surface area contributed by atoms with E-state index in [4.69, 9.17) is 0 Å². The van der Waals surface area contributed by atoms with Crippen LogP contribution in [-0.2, 0) is 0 Å². The van der Waals surface area contributed by atoms with E-state index < -0.39 is 0 Å². The molecular weight excluding hydrogens is 212 g/mol. The van der Waals surface area contributed by atoms with Gasteiger partial charge in [0.15, 0.2) is 0 Å². The van der Waals surface area contributed by atoms with Crippen molar-refractivity contribution in [2.45, 2.75) is 12.8 Å². The second kappa shape index (κ2) is 3.44. The zero-order valence-electron chi connectivity index (χ0n) is 6.83. The van der Waals surface area contributed by atoms with Gasteiger partial charge in [-0.1, -0.05) is 40.2 Å². The Morgan fingerprint density at radius 3 is 2.42 bits per heavy atom. The number of benzene rings is 1. The van der Waals surface area contributed by atoms with Gasteiger partial charge in [0.1, 0.15) is 0 Å². The monoisotopic (exact) mass is 222 g/mol. The van der Waals surface area contributed by atoms with E-state index in [1.807, 2.05) is 0 Å². The van der Waals surface area contributed by atoms with Gasteiger partial charge in [-0.05, 0) is 36.5 Å². The van der Waals surface area contributed by atoms with E-state index in [9.17, 15) is 0 Å². The lowest BCUT2D eigenvalue weighted by Gasteiger charge is -1.92. The van der Waals surface area contributed by atoms with Gasteiger partial charge >= 0.3 is 0 Å². The summed E-state index contributed by atoms with van der Waals surface area (Å²) in [4.78, 5) is 0. The molecular formula is C11H11Br. The lowest BCUT2D eigenvalue weighted by Crippen LogP contribution is -1.71. The minimum atomic E-state index is 0.869. The molecule has 1 aromatic carbocycles. The molecule has 1 aliphatic carbocycles. The summed E-state index contributed by atoms with van der Waals surface area (Å²) in [6.07, 6.45) is 7.29. The van der Waals surface area contributed by atoms with Crippen LogP contribution >= 0.6 is 15.9 Å². The summed E-state index contributed by atoms with van der Waals surface area (Å²) in [5, 5.41) is 0. The van der Waals surface area contributed by atoms with Crippen molar-refractivity contribution < 1.29 is 0 Å². The smallest absolute Gasteiger partial charge is 0.0175 e. The molecule has 1 aliphatic rings. The van der Waals surface area contributed by atoms with Gasteiger partial charge in [0.05, 0.1) is 0 Å². The first-order valence-corrected chi connectivity index (χ1v) is 5.08. The molecule has 1 aromatic rings. The quantitative estimate of drug-likeness (QED) is 0.713. The molecule has 12 heavy (non-hydrogen) atoms. The van der Waals surface area contributed by atoms with Gasteiger partial charge in [-0.15, -0.1) is 0 Å². The van der Waals surface area contributed by atoms with E-state index >= 15 is 0 Å². The SMILES string of the molecule is Brc1ccc(C=CC2CC2)cc1. The highest BCUT2D eigenvalue weighted by molar-refractivity contribution is 9.10. The standard InChI is InChI=1S/C11H11Br/c12-11-7-5-10(6-8-11)4-3-9-1-2-9/h3-9H,1-2H2. The zero-order valence-corrected chi connectivity index (χ0v) is 8.42. The molecule has 0 saturated heterocycles. The van der Waals surface area contributed by atoms with Crippen LogP contribution in [-0.4, -0.2) is 0 Å². The van der Waals surface area contributed by atoms with Gasteiger partial charge in [-0.3, -0.25) is 0 Å². The van der Waals surface area contributed by atoms with Crippen molar-refractivity contribution in [3.63, 3.8) is 0 Å². The highest BCUT2D eigenvalue weighted by Crippen LogP contribution is 2.30. The van der Waals surface area contributed by atoms with Gasteiger partial charge in [-0.25, -0.2) is 0 Å². The van der Waals surface area contributed by atoms with Crippen LogP contribution < -0.4 is 0 Å². The second-order valence-corrected chi connectivity index (χ2v) is 4.16. The Labute approximate surface area is 81.4 Å². The van der Waals surface area contributed by atoms with Crippen molar-refractivity contribution in [3.8, 4) is 0 Å². The van der Waals surface area contributed by atoms with E-state index in [2.05, 4.69) is 52.3 Å². The summed E-state index contributed by atoms with van der Waals surface area (Å²) < 4.78 is 1.14. The third kappa shape index (κ3) is 2.21. The fourth-order valence-electron chi connectivity index (χ4n) is 1.11. The Morgan fingerprint density at radius 1 is 1.17 bits per heavy atom. The fourth-order valence-corrected chi connectivity index (χ4v) is 1.37. The van der Waals surface area contributed by atoms with Crippen molar-refractivity contribution in [2.24, 2.45) is 5.92 Å². The number of rotatable bonds is 2. The van der Waals surface area contributed by atoms with Crippen molar-refractivity contribution in [2.75, 3.05) is 0 Å². The summed E-state index contributed by atoms with van der Waals surface area (Å²) in [5.41, 5.74) is 1.30. The van der Waals surface area contributed by atoms with Crippen LogP contribution in [0, 0.1) is 5.92 Å². The van der Waals surface area contributed by atoms with Gasteiger partial charge in [0.2, 0.25) is 0 Å². The lowest BCUT2D eigenvalue weighted by atomic mass is 10.2. The Hall–Kier alpha value is -0.560. The molecule has 62 valence electrons. The molecule has 1 saturated carbocycles. The number of hydrogen-bond donors (Lipinski definition) is 0. The predicted molar refractivity (Wildman–Crippen MR) is 55.9 cm³/mol. The molecule has 2 rings (SSSR count). The summed E-state index contributed by atoms with van der Waals surface area (Å²) in [6.45, 7) is 0. The predicted octanol–water partition coefficient (Wildman–Crippen LogP) is 3.87. The normalized spacial score (nSPS) is 17.1. The van der Waals surface area contributed by atoms with Crippen molar-refractivity contribution >= 4 is 22.0 Å². The van der Waals surface area contributed by atoms with E-state index in [0.717, 1.165) is 10.4 Å². The molecule has 0 heterocycles. The van der Waals surface area contributed by atoms with Crippen LogP contribution in [0.25, 0.3) is 6.08 Å². The summed E-state index contributed by atoms with van der Waals surface area (Å²) in [5.74, 6) is 0.869.